The zero-order valence-electron chi connectivity index (χ0n) is 7.07. The fraction of sp³-hybridized carbons (Fsp3) is 0.222. The predicted molar refractivity (Wildman–Crippen MR) is 50.1 cm³/mol. The molecule has 0 radical (unpaired) electrons. The summed E-state index contributed by atoms with van der Waals surface area (Å²) in [7, 11) is 0. The molecule has 2 rings (SSSR count). The predicted octanol–water partition coefficient (Wildman–Crippen LogP) is 0.555. The van der Waals surface area contributed by atoms with E-state index in [0.29, 0.717) is 0 Å². The maximum absolute atomic E-state index is 8.85. The molecule has 0 aromatic carbocycles. The van der Waals surface area contributed by atoms with Gasteiger partial charge in [0, 0.05) is 17.8 Å². The Morgan fingerprint density at radius 3 is 3.23 bits per heavy atom. The van der Waals surface area contributed by atoms with Gasteiger partial charge in [0.25, 0.3) is 0 Å². The maximum atomic E-state index is 8.85. The first kappa shape index (κ1) is 8.22. The van der Waals surface area contributed by atoms with Gasteiger partial charge in [-0.1, -0.05) is 0 Å². The summed E-state index contributed by atoms with van der Waals surface area (Å²) in [5.41, 5.74) is 7.35. The van der Waals surface area contributed by atoms with E-state index >= 15 is 0 Å². The molecule has 13 heavy (non-hydrogen) atoms. The molecule has 0 bridgehead atoms. The van der Waals surface area contributed by atoms with Crippen molar-refractivity contribution in [1.29, 1.82) is 0 Å². The summed E-state index contributed by atoms with van der Waals surface area (Å²) in [4.78, 5) is 7.15. The van der Waals surface area contributed by atoms with Crippen LogP contribution in [0.5, 0.6) is 0 Å². The van der Waals surface area contributed by atoms with Crippen molar-refractivity contribution in [3.63, 3.8) is 0 Å². The number of nitrogens with zero attached hydrogens (tertiary/aromatic N) is 1. The first-order valence-electron chi connectivity index (χ1n) is 4.10. The van der Waals surface area contributed by atoms with Crippen LogP contribution in [-0.4, -0.2) is 21.7 Å². The fourth-order valence-corrected chi connectivity index (χ4v) is 1.27. The molecule has 2 heterocycles. The quantitative estimate of drug-likeness (QED) is 0.627. The molecule has 0 aliphatic carbocycles. The van der Waals surface area contributed by atoms with Crippen LogP contribution >= 0.6 is 0 Å². The Labute approximate surface area is 75.4 Å². The zero-order valence-corrected chi connectivity index (χ0v) is 7.07. The van der Waals surface area contributed by atoms with Gasteiger partial charge in [-0.25, -0.2) is 4.98 Å². The van der Waals surface area contributed by atoms with Crippen molar-refractivity contribution in [1.82, 2.24) is 9.97 Å². The lowest BCUT2D eigenvalue weighted by Crippen LogP contribution is -2.14. The van der Waals surface area contributed by atoms with E-state index < -0.39 is 0 Å². The second kappa shape index (κ2) is 3.16. The van der Waals surface area contributed by atoms with E-state index in [1.54, 1.807) is 6.20 Å². The standard InChI is InChI=1S/C9H11N3O/c10-8(5-13)7-3-6-1-2-11-9(6)12-4-7/h1-4,8,13H,5,10H2,(H,11,12)/t8-/m1/s1. The number of rotatable bonds is 2. The number of aromatic nitrogens is 2. The number of hydrogen-bond acceptors (Lipinski definition) is 3. The van der Waals surface area contributed by atoms with Gasteiger partial charge in [-0.3, -0.25) is 0 Å². The van der Waals surface area contributed by atoms with Crippen molar-refractivity contribution >= 4 is 11.0 Å². The van der Waals surface area contributed by atoms with Crippen LogP contribution in [0.15, 0.2) is 24.5 Å². The van der Waals surface area contributed by atoms with Crippen LogP contribution in [0.25, 0.3) is 11.0 Å². The molecular formula is C9H11N3O. The third-order valence-electron chi connectivity index (χ3n) is 2.05. The number of hydrogen-bond donors (Lipinski definition) is 3. The minimum absolute atomic E-state index is 0.0579. The van der Waals surface area contributed by atoms with Crippen molar-refractivity contribution in [3.05, 3.63) is 30.1 Å². The molecule has 0 aliphatic heterocycles. The third-order valence-corrected chi connectivity index (χ3v) is 2.05. The van der Waals surface area contributed by atoms with Crippen LogP contribution in [-0.2, 0) is 0 Å². The third kappa shape index (κ3) is 1.41. The molecule has 2 aromatic rings. The first-order chi connectivity index (χ1) is 6.31. The smallest absolute Gasteiger partial charge is 0.137 e. The van der Waals surface area contributed by atoms with Crippen LogP contribution in [0, 0.1) is 0 Å². The molecule has 1 atom stereocenters. The van der Waals surface area contributed by atoms with Crippen molar-refractivity contribution < 1.29 is 5.11 Å². The molecule has 0 spiro atoms. The summed E-state index contributed by atoms with van der Waals surface area (Å²) in [6, 6.07) is 3.52. The van der Waals surface area contributed by atoms with Crippen LogP contribution in [0.1, 0.15) is 11.6 Å². The van der Waals surface area contributed by atoms with Crippen LogP contribution in [0.2, 0.25) is 0 Å². The van der Waals surface area contributed by atoms with E-state index in [4.69, 9.17) is 10.8 Å². The van der Waals surface area contributed by atoms with Crippen molar-refractivity contribution in [2.45, 2.75) is 6.04 Å². The average Bonchev–Trinajstić information content (AvgIpc) is 2.63. The minimum atomic E-state index is -0.341. The van der Waals surface area contributed by atoms with Gasteiger partial charge in [-0.2, -0.15) is 0 Å². The maximum Gasteiger partial charge on any atom is 0.137 e. The Balaban J connectivity index is 2.48. The number of nitrogens with one attached hydrogen (secondary N) is 1. The molecule has 4 N–H and O–H groups in total. The molecular weight excluding hydrogens is 166 g/mol. The molecule has 68 valence electrons. The molecule has 0 unspecified atom stereocenters. The second-order valence-corrected chi connectivity index (χ2v) is 2.97. The van der Waals surface area contributed by atoms with E-state index in [2.05, 4.69) is 9.97 Å². The topological polar surface area (TPSA) is 74.9 Å². The van der Waals surface area contributed by atoms with Crippen LogP contribution in [0.4, 0.5) is 0 Å². The van der Waals surface area contributed by atoms with Gasteiger partial charge in [0.2, 0.25) is 0 Å². The van der Waals surface area contributed by atoms with E-state index in [9.17, 15) is 0 Å². The molecule has 0 aliphatic rings. The Hall–Kier alpha value is -1.39. The Kier molecular flexibility index (Phi) is 2.00. The average molecular weight is 177 g/mol. The lowest BCUT2D eigenvalue weighted by molar-refractivity contribution is 0.268. The lowest BCUT2D eigenvalue weighted by atomic mass is 10.1. The molecule has 0 fully saturated rings. The number of nitrogens with two attached hydrogens (primary N) is 1. The summed E-state index contributed by atoms with van der Waals surface area (Å²) in [5, 5.41) is 9.87. The summed E-state index contributed by atoms with van der Waals surface area (Å²) in [5.74, 6) is 0. The number of H-pyrrole nitrogens is 1. The highest BCUT2D eigenvalue weighted by atomic mass is 16.3. The normalized spacial score (nSPS) is 13.4. The van der Waals surface area contributed by atoms with Gasteiger partial charge < -0.3 is 15.8 Å². The fourth-order valence-electron chi connectivity index (χ4n) is 1.27. The van der Waals surface area contributed by atoms with Gasteiger partial charge in [0.05, 0.1) is 12.6 Å². The molecule has 0 saturated heterocycles. The molecule has 2 aromatic heterocycles. The van der Waals surface area contributed by atoms with Gasteiger partial charge in [-0.15, -0.1) is 0 Å². The monoisotopic (exact) mass is 177 g/mol. The number of aromatic amines is 1. The highest BCUT2D eigenvalue weighted by Gasteiger charge is 2.05. The summed E-state index contributed by atoms with van der Waals surface area (Å²) in [6.45, 7) is -0.0579. The van der Waals surface area contributed by atoms with Crippen LogP contribution < -0.4 is 5.73 Å². The second-order valence-electron chi connectivity index (χ2n) is 2.97. The zero-order chi connectivity index (χ0) is 9.26. The van der Waals surface area contributed by atoms with E-state index in [1.807, 2.05) is 18.3 Å². The number of aliphatic hydroxyl groups excluding tert-OH is 1. The van der Waals surface area contributed by atoms with Gasteiger partial charge in [0.1, 0.15) is 5.65 Å². The van der Waals surface area contributed by atoms with Gasteiger partial charge >= 0.3 is 0 Å². The Bertz CT molecular complexity index is 410. The number of aliphatic hydroxyl groups is 1. The minimum Gasteiger partial charge on any atom is -0.394 e. The highest BCUT2D eigenvalue weighted by Crippen LogP contribution is 2.15. The SMILES string of the molecule is N[C@H](CO)c1cnc2[nH]ccc2c1. The molecule has 4 nitrogen and oxygen atoms in total. The number of pyridine rings is 1. The molecule has 0 saturated carbocycles. The van der Waals surface area contributed by atoms with Crippen LogP contribution in [0.3, 0.4) is 0 Å². The largest absolute Gasteiger partial charge is 0.394 e. The van der Waals surface area contributed by atoms with E-state index in [-0.39, 0.29) is 12.6 Å². The first-order valence-corrected chi connectivity index (χ1v) is 4.10. The van der Waals surface area contributed by atoms with Gasteiger partial charge in [0.15, 0.2) is 0 Å². The van der Waals surface area contributed by atoms with Gasteiger partial charge in [-0.05, 0) is 17.7 Å². The van der Waals surface area contributed by atoms with Crippen molar-refractivity contribution in [3.8, 4) is 0 Å². The molecule has 0 amide bonds. The summed E-state index contributed by atoms with van der Waals surface area (Å²) < 4.78 is 0. The summed E-state index contributed by atoms with van der Waals surface area (Å²) in [6.07, 6.45) is 3.51. The van der Waals surface area contributed by atoms with Crippen molar-refractivity contribution in [2.24, 2.45) is 5.73 Å². The highest BCUT2D eigenvalue weighted by molar-refractivity contribution is 5.75. The lowest BCUT2D eigenvalue weighted by Gasteiger charge is -2.06. The summed E-state index contributed by atoms with van der Waals surface area (Å²) >= 11 is 0. The number of fused-ring (bicyclic) bond motifs is 1. The van der Waals surface area contributed by atoms with E-state index in [1.165, 1.54) is 0 Å². The Morgan fingerprint density at radius 1 is 1.62 bits per heavy atom. The van der Waals surface area contributed by atoms with E-state index in [0.717, 1.165) is 16.6 Å². The van der Waals surface area contributed by atoms with Crippen molar-refractivity contribution in [2.75, 3.05) is 6.61 Å². The molecule has 4 heteroatoms. The Morgan fingerprint density at radius 2 is 2.46 bits per heavy atom.